The van der Waals surface area contributed by atoms with Gasteiger partial charge < -0.3 is 5.11 Å². The first kappa shape index (κ1) is 17.9. The molecule has 1 fully saturated rings. The fourth-order valence-corrected chi connectivity index (χ4v) is 3.98. The maximum Gasteiger partial charge on any atom is 0.335 e. The van der Waals surface area contributed by atoms with Gasteiger partial charge in [0.25, 0.3) is 5.91 Å². The lowest BCUT2D eigenvalue weighted by molar-refractivity contribution is -0.113. The van der Waals surface area contributed by atoms with Crippen molar-refractivity contribution in [3.63, 3.8) is 0 Å². The van der Waals surface area contributed by atoms with E-state index in [2.05, 4.69) is 0 Å². The number of amides is 1. The zero-order chi connectivity index (χ0) is 18.1. The number of rotatable bonds is 3. The molecule has 0 spiro atoms. The summed E-state index contributed by atoms with van der Waals surface area (Å²) in [7, 11) is 0. The molecule has 8 heteroatoms. The maximum absolute atomic E-state index is 12.7. The Morgan fingerprint density at radius 3 is 2.64 bits per heavy atom. The molecule has 0 radical (unpaired) electrons. The van der Waals surface area contributed by atoms with Crippen LogP contribution in [-0.2, 0) is 4.79 Å². The van der Waals surface area contributed by atoms with Crippen molar-refractivity contribution in [3.05, 3.63) is 68.5 Å². The van der Waals surface area contributed by atoms with Crippen molar-refractivity contribution < 1.29 is 14.7 Å². The molecule has 1 amide bonds. The minimum Gasteiger partial charge on any atom is -0.478 e. The van der Waals surface area contributed by atoms with E-state index in [1.54, 1.807) is 36.4 Å². The van der Waals surface area contributed by atoms with Crippen molar-refractivity contribution >= 4 is 75.1 Å². The second-order valence-corrected chi connectivity index (χ2v) is 7.56. The van der Waals surface area contributed by atoms with E-state index in [0.29, 0.717) is 30.5 Å². The van der Waals surface area contributed by atoms with Crippen LogP contribution < -0.4 is 4.90 Å². The van der Waals surface area contributed by atoms with E-state index in [0.717, 1.165) is 11.8 Å². The summed E-state index contributed by atoms with van der Waals surface area (Å²) >= 11 is 18.4. The standard InChI is InChI=1S/C17H9Cl2NO3S2/c18-11-5-4-9(13(19)8-11)7-14-15(21)20(17(24)25-14)12-3-1-2-10(6-12)16(22)23/h1-8H,(H,22,23). The molecule has 0 bridgehead atoms. The highest BCUT2D eigenvalue weighted by atomic mass is 35.5. The number of carboxylic acid groups (broad SMARTS) is 1. The predicted octanol–water partition coefficient (Wildman–Crippen LogP) is 5.10. The van der Waals surface area contributed by atoms with Crippen LogP contribution in [0.4, 0.5) is 5.69 Å². The third-order valence-electron chi connectivity index (χ3n) is 3.39. The van der Waals surface area contributed by atoms with Crippen LogP contribution in [0.5, 0.6) is 0 Å². The summed E-state index contributed by atoms with van der Waals surface area (Å²) in [5, 5.41) is 10.0. The lowest BCUT2D eigenvalue weighted by Gasteiger charge is -2.14. The third kappa shape index (κ3) is 3.72. The fourth-order valence-electron chi connectivity index (χ4n) is 2.23. The molecule has 0 aliphatic carbocycles. The van der Waals surface area contributed by atoms with Crippen LogP contribution in [-0.4, -0.2) is 21.3 Å². The number of anilines is 1. The Morgan fingerprint density at radius 1 is 1.20 bits per heavy atom. The molecule has 2 aromatic rings. The van der Waals surface area contributed by atoms with Crippen LogP contribution in [0, 0.1) is 0 Å². The van der Waals surface area contributed by atoms with Gasteiger partial charge in [0, 0.05) is 10.0 Å². The van der Waals surface area contributed by atoms with Gasteiger partial charge in [0.05, 0.1) is 16.2 Å². The maximum atomic E-state index is 12.7. The Balaban J connectivity index is 1.96. The monoisotopic (exact) mass is 409 g/mol. The SMILES string of the molecule is O=C(O)c1cccc(N2C(=O)C(=Cc3ccc(Cl)cc3Cl)SC2=S)c1. The van der Waals surface area contributed by atoms with Gasteiger partial charge in [0.15, 0.2) is 4.32 Å². The number of nitrogens with zero attached hydrogens (tertiary/aromatic N) is 1. The van der Waals surface area contributed by atoms with Crippen molar-refractivity contribution in [2.75, 3.05) is 4.90 Å². The molecule has 1 N–H and O–H groups in total. The summed E-state index contributed by atoms with van der Waals surface area (Å²) in [6.45, 7) is 0. The first-order chi connectivity index (χ1) is 11.9. The molecule has 1 saturated heterocycles. The van der Waals surface area contributed by atoms with Crippen molar-refractivity contribution in [1.29, 1.82) is 0 Å². The van der Waals surface area contributed by atoms with Gasteiger partial charge in [-0.1, -0.05) is 59.3 Å². The number of thioether (sulfide) groups is 1. The fraction of sp³-hybridized carbons (Fsp3) is 0. The summed E-state index contributed by atoms with van der Waals surface area (Å²) in [6.07, 6.45) is 1.64. The van der Waals surface area contributed by atoms with Crippen LogP contribution in [0.1, 0.15) is 15.9 Å². The molecular formula is C17H9Cl2NO3S2. The predicted molar refractivity (Wildman–Crippen MR) is 106 cm³/mol. The molecule has 1 heterocycles. The minimum absolute atomic E-state index is 0.0799. The van der Waals surface area contributed by atoms with E-state index < -0.39 is 5.97 Å². The number of aromatic carboxylic acids is 1. The Bertz CT molecular complexity index is 943. The highest BCUT2D eigenvalue weighted by Gasteiger charge is 2.33. The van der Waals surface area contributed by atoms with Crippen LogP contribution in [0.15, 0.2) is 47.4 Å². The molecule has 0 unspecified atom stereocenters. The Morgan fingerprint density at radius 2 is 1.96 bits per heavy atom. The van der Waals surface area contributed by atoms with E-state index in [4.69, 9.17) is 40.5 Å². The molecule has 1 aliphatic rings. The molecule has 0 atom stereocenters. The number of hydrogen-bond acceptors (Lipinski definition) is 4. The van der Waals surface area contributed by atoms with Gasteiger partial charge in [0.1, 0.15) is 0 Å². The number of carboxylic acids is 1. The molecule has 25 heavy (non-hydrogen) atoms. The molecule has 4 nitrogen and oxygen atoms in total. The van der Waals surface area contributed by atoms with Crippen LogP contribution in [0.2, 0.25) is 10.0 Å². The lowest BCUT2D eigenvalue weighted by Crippen LogP contribution is -2.27. The summed E-state index contributed by atoms with van der Waals surface area (Å²) in [5.41, 5.74) is 1.13. The largest absolute Gasteiger partial charge is 0.478 e. The minimum atomic E-state index is -1.07. The van der Waals surface area contributed by atoms with Gasteiger partial charge in [-0.15, -0.1) is 0 Å². The summed E-state index contributed by atoms with van der Waals surface area (Å²) in [6, 6.07) is 11.0. The van der Waals surface area contributed by atoms with E-state index in [9.17, 15) is 9.59 Å². The summed E-state index contributed by atoms with van der Waals surface area (Å²) in [4.78, 5) is 25.5. The topological polar surface area (TPSA) is 57.6 Å². The number of hydrogen-bond donors (Lipinski definition) is 1. The normalized spacial score (nSPS) is 15.9. The van der Waals surface area contributed by atoms with Gasteiger partial charge >= 0.3 is 5.97 Å². The van der Waals surface area contributed by atoms with Crippen LogP contribution >= 0.6 is 47.2 Å². The van der Waals surface area contributed by atoms with Crippen molar-refractivity contribution in [2.45, 2.75) is 0 Å². The smallest absolute Gasteiger partial charge is 0.335 e. The lowest BCUT2D eigenvalue weighted by atomic mass is 10.2. The highest BCUT2D eigenvalue weighted by molar-refractivity contribution is 8.27. The van der Waals surface area contributed by atoms with E-state index >= 15 is 0 Å². The molecule has 0 aromatic heterocycles. The first-order valence-corrected chi connectivity index (χ1v) is 8.91. The Labute approximate surface area is 163 Å². The third-order valence-corrected chi connectivity index (χ3v) is 5.26. The number of carbonyl (C=O) groups excluding carboxylic acids is 1. The quantitative estimate of drug-likeness (QED) is 0.564. The van der Waals surface area contributed by atoms with E-state index in [1.807, 2.05) is 0 Å². The number of thiocarbonyl (C=S) groups is 1. The van der Waals surface area contributed by atoms with Gasteiger partial charge in [-0.2, -0.15) is 0 Å². The van der Waals surface area contributed by atoms with Gasteiger partial charge in [-0.25, -0.2) is 4.79 Å². The number of halogens is 2. The summed E-state index contributed by atoms with van der Waals surface area (Å²) < 4.78 is 0.323. The van der Waals surface area contributed by atoms with Crippen molar-refractivity contribution in [3.8, 4) is 0 Å². The van der Waals surface area contributed by atoms with Crippen molar-refractivity contribution in [2.24, 2.45) is 0 Å². The van der Waals surface area contributed by atoms with Gasteiger partial charge in [-0.05, 0) is 42.0 Å². The zero-order valence-corrected chi connectivity index (χ0v) is 15.5. The highest BCUT2D eigenvalue weighted by Crippen LogP contribution is 2.37. The Hall–Kier alpha value is -1.86. The van der Waals surface area contributed by atoms with Crippen LogP contribution in [0.25, 0.3) is 6.08 Å². The summed E-state index contributed by atoms with van der Waals surface area (Å²) in [5.74, 6) is -1.40. The average Bonchev–Trinajstić information content (AvgIpc) is 2.84. The first-order valence-electron chi connectivity index (χ1n) is 6.93. The number of benzene rings is 2. The average molecular weight is 410 g/mol. The molecule has 0 saturated carbocycles. The second kappa shape index (κ2) is 7.17. The van der Waals surface area contributed by atoms with E-state index in [1.165, 1.54) is 17.0 Å². The molecule has 2 aromatic carbocycles. The zero-order valence-electron chi connectivity index (χ0n) is 12.4. The van der Waals surface area contributed by atoms with Gasteiger partial charge in [-0.3, -0.25) is 9.69 Å². The molecule has 126 valence electrons. The van der Waals surface area contributed by atoms with E-state index in [-0.39, 0.29) is 11.5 Å². The molecular weight excluding hydrogens is 401 g/mol. The van der Waals surface area contributed by atoms with Crippen molar-refractivity contribution in [1.82, 2.24) is 0 Å². The Kier molecular flexibility index (Phi) is 5.15. The van der Waals surface area contributed by atoms with Gasteiger partial charge in [0.2, 0.25) is 0 Å². The molecule has 3 rings (SSSR count). The molecule has 1 aliphatic heterocycles. The number of carbonyl (C=O) groups is 2. The van der Waals surface area contributed by atoms with Crippen LogP contribution in [0.3, 0.4) is 0 Å². The second-order valence-electron chi connectivity index (χ2n) is 5.04.